The number of fused-ring (bicyclic) bond motifs is 2. The molecule has 0 aliphatic rings. The molecule has 0 atom stereocenters. The van der Waals surface area contributed by atoms with Gasteiger partial charge in [-0.2, -0.15) is 0 Å². The van der Waals surface area contributed by atoms with Crippen LogP contribution < -0.4 is 0 Å². The molecule has 9 heteroatoms. The molecule has 4 aromatic rings. The van der Waals surface area contributed by atoms with Gasteiger partial charge in [-0.15, -0.1) is 0 Å². The summed E-state index contributed by atoms with van der Waals surface area (Å²) in [7, 11) is -8.84. The Hall–Kier alpha value is -1.52. The van der Waals surface area contributed by atoms with Crippen LogP contribution in [0.3, 0.4) is 0 Å². The number of aryl methyl sites for hydroxylation is 4. The summed E-state index contributed by atoms with van der Waals surface area (Å²) in [5.74, 6) is 0. The van der Waals surface area contributed by atoms with Gasteiger partial charge in [0.25, 0.3) is 0 Å². The van der Waals surface area contributed by atoms with E-state index in [4.69, 9.17) is 0 Å². The van der Waals surface area contributed by atoms with Gasteiger partial charge in [0.1, 0.15) is 20.2 Å². The topological polar surface area (TPSA) is 114 Å². The van der Waals surface area contributed by atoms with Crippen molar-refractivity contribution in [2.24, 2.45) is 0 Å². The largest absolute Gasteiger partial charge is 2.00 e. The van der Waals surface area contributed by atoms with E-state index >= 15 is 0 Å². The van der Waals surface area contributed by atoms with Gasteiger partial charge in [0.05, 0.1) is 9.79 Å². The van der Waals surface area contributed by atoms with Crippen LogP contribution in [-0.4, -0.2) is 63.7 Å². The monoisotopic (exact) mass is 510 g/mol. The van der Waals surface area contributed by atoms with Gasteiger partial charge in [-0.1, -0.05) is 59.7 Å². The van der Waals surface area contributed by atoms with E-state index in [1.807, 2.05) is 50.2 Å². The molecular formula is C24H22CaO6S2. The molecule has 0 aliphatic carbocycles. The first kappa shape index (κ1) is 27.7. The quantitative estimate of drug-likeness (QED) is 0.293. The zero-order valence-electron chi connectivity index (χ0n) is 18.7. The molecule has 0 saturated heterocycles. The zero-order valence-corrected chi connectivity index (χ0v) is 22.6. The molecule has 0 spiro atoms. The van der Waals surface area contributed by atoms with Crippen molar-refractivity contribution in [3.8, 4) is 0 Å². The first-order valence-corrected chi connectivity index (χ1v) is 12.5. The Labute approximate surface area is 224 Å². The maximum atomic E-state index is 11.2. The van der Waals surface area contributed by atoms with E-state index < -0.39 is 20.2 Å². The van der Waals surface area contributed by atoms with Crippen LogP contribution in [-0.2, 0) is 20.2 Å². The Morgan fingerprint density at radius 1 is 0.515 bits per heavy atom. The molecule has 0 amide bonds. The molecule has 4 aromatic carbocycles. The van der Waals surface area contributed by atoms with Crippen LogP contribution in [0.1, 0.15) is 22.3 Å². The maximum Gasteiger partial charge on any atom is 2.00 e. The Balaban J connectivity index is 0.000000227. The summed E-state index contributed by atoms with van der Waals surface area (Å²) < 4.78 is 66.9. The minimum Gasteiger partial charge on any atom is -0.744 e. The second kappa shape index (κ2) is 10.4. The van der Waals surface area contributed by atoms with Crippen LogP contribution in [0.4, 0.5) is 0 Å². The summed E-state index contributed by atoms with van der Waals surface area (Å²) in [6.07, 6.45) is 0. The molecule has 0 unspecified atom stereocenters. The van der Waals surface area contributed by atoms with Gasteiger partial charge in [-0.05, 0) is 72.5 Å². The SMILES string of the molecule is Cc1cc(S(=O)(=O)[O-])c2cc(C)ccc2c1.Cc1cc(S(=O)(=O)[O-])c2cc(C)ccc2c1.[Ca+2]. The van der Waals surface area contributed by atoms with Gasteiger partial charge >= 0.3 is 37.7 Å². The molecule has 0 aliphatic heterocycles. The fraction of sp³-hybridized carbons (Fsp3) is 0.167. The van der Waals surface area contributed by atoms with Crippen molar-refractivity contribution in [2.75, 3.05) is 0 Å². The molecule has 0 radical (unpaired) electrons. The van der Waals surface area contributed by atoms with Crippen LogP contribution in [0.15, 0.2) is 70.5 Å². The van der Waals surface area contributed by atoms with E-state index in [0.717, 1.165) is 33.0 Å². The predicted molar refractivity (Wildman–Crippen MR) is 129 cm³/mol. The average Bonchev–Trinajstić information content (AvgIpc) is 2.66. The average molecular weight is 511 g/mol. The van der Waals surface area contributed by atoms with E-state index in [0.29, 0.717) is 10.8 Å². The molecule has 33 heavy (non-hydrogen) atoms. The fourth-order valence-corrected chi connectivity index (χ4v) is 5.13. The third-order valence-corrected chi connectivity index (χ3v) is 6.72. The van der Waals surface area contributed by atoms with E-state index in [9.17, 15) is 25.9 Å². The third-order valence-electron chi connectivity index (χ3n) is 4.97. The number of benzene rings is 4. The van der Waals surface area contributed by atoms with Crippen molar-refractivity contribution in [3.63, 3.8) is 0 Å². The predicted octanol–water partition coefficient (Wildman–Crippen LogP) is 4.34. The van der Waals surface area contributed by atoms with Crippen LogP contribution in [0.2, 0.25) is 0 Å². The van der Waals surface area contributed by atoms with Crippen molar-refractivity contribution in [1.29, 1.82) is 0 Å². The number of hydrogen-bond donors (Lipinski definition) is 0. The van der Waals surface area contributed by atoms with Gasteiger partial charge in [0, 0.05) is 0 Å². The molecule has 168 valence electrons. The van der Waals surface area contributed by atoms with Crippen LogP contribution in [0.25, 0.3) is 21.5 Å². The van der Waals surface area contributed by atoms with Gasteiger partial charge in [0.15, 0.2) is 0 Å². The molecular weight excluding hydrogens is 488 g/mol. The summed E-state index contributed by atoms with van der Waals surface area (Å²) >= 11 is 0. The molecule has 0 heterocycles. The summed E-state index contributed by atoms with van der Waals surface area (Å²) in [6.45, 7) is 7.27. The van der Waals surface area contributed by atoms with Crippen LogP contribution >= 0.6 is 0 Å². The normalized spacial score (nSPS) is 11.6. The smallest absolute Gasteiger partial charge is 0.744 e. The molecule has 0 N–H and O–H groups in total. The minimum absolute atomic E-state index is 0. The molecule has 0 fully saturated rings. The molecule has 0 aromatic heterocycles. The standard InChI is InChI=1S/2C12H12O3S.Ca/c2*1-8-3-4-10-5-9(2)7-12(11(10)6-8)16(13,14)15;/h2*3-7H,1-2H3,(H,13,14,15);/q;;+2/p-2. The molecule has 0 bridgehead atoms. The van der Waals surface area contributed by atoms with Crippen molar-refractivity contribution >= 4 is 79.5 Å². The summed E-state index contributed by atoms with van der Waals surface area (Å²) in [5.41, 5.74) is 3.40. The molecule has 6 nitrogen and oxygen atoms in total. The fourth-order valence-electron chi connectivity index (χ4n) is 3.58. The van der Waals surface area contributed by atoms with Crippen molar-refractivity contribution < 1.29 is 25.9 Å². The van der Waals surface area contributed by atoms with Gasteiger partial charge in [-0.3, -0.25) is 0 Å². The first-order chi connectivity index (χ1) is 14.8. The van der Waals surface area contributed by atoms with E-state index in [1.54, 1.807) is 26.0 Å². The summed E-state index contributed by atoms with van der Waals surface area (Å²) in [5, 5.41) is 2.56. The Morgan fingerprint density at radius 2 is 0.848 bits per heavy atom. The van der Waals surface area contributed by atoms with Crippen molar-refractivity contribution in [3.05, 3.63) is 82.9 Å². The van der Waals surface area contributed by atoms with Gasteiger partial charge < -0.3 is 9.11 Å². The van der Waals surface area contributed by atoms with Gasteiger partial charge in [-0.25, -0.2) is 16.8 Å². The van der Waals surface area contributed by atoms with E-state index in [2.05, 4.69) is 0 Å². The summed E-state index contributed by atoms with van der Waals surface area (Å²) in [4.78, 5) is -0.266. The Kier molecular flexibility index (Phi) is 8.73. The second-order valence-electron chi connectivity index (χ2n) is 7.88. The Bertz CT molecular complexity index is 1440. The van der Waals surface area contributed by atoms with Crippen molar-refractivity contribution in [1.82, 2.24) is 0 Å². The first-order valence-electron chi connectivity index (χ1n) is 9.69. The van der Waals surface area contributed by atoms with E-state index in [1.165, 1.54) is 12.1 Å². The molecule has 4 rings (SSSR count). The number of hydrogen-bond acceptors (Lipinski definition) is 6. The molecule has 0 saturated carbocycles. The number of rotatable bonds is 2. The summed E-state index contributed by atoms with van der Waals surface area (Å²) in [6, 6.07) is 17.4. The van der Waals surface area contributed by atoms with Crippen molar-refractivity contribution in [2.45, 2.75) is 37.5 Å². The maximum absolute atomic E-state index is 11.2. The zero-order chi connectivity index (χ0) is 23.8. The van der Waals surface area contributed by atoms with E-state index in [-0.39, 0.29) is 47.5 Å². The second-order valence-corrected chi connectivity index (χ2v) is 10.6. The Morgan fingerprint density at radius 3 is 1.15 bits per heavy atom. The van der Waals surface area contributed by atoms with Gasteiger partial charge in [0.2, 0.25) is 0 Å². The van der Waals surface area contributed by atoms with Crippen LogP contribution in [0.5, 0.6) is 0 Å². The van der Waals surface area contributed by atoms with Crippen LogP contribution in [0, 0.1) is 27.7 Å². The third kappa shape index (κ3) is 6.76. The minimum atomic E-state index is -4.42.